The number of hydrogen-bond donors (Lipinski definition) is 1. The first-order chi connectivity index (χ1) is 10.2. The van der Waals surface area contributed by atoms with Crippen molar-refractivity contribution in [3.8, 4) is 0 Å². The molecule has 2 aromatic heterocycles. The second-order valence-corrected chi connectivity index (χ2v) is 6.88. The first kappa shape index (κ1) is 14.6. The molecule has 1 N–H and O–H groups in total. The molecule has 21 heavy (non-hydrogen) atoms. The van der Waals surface area contributed by atoms with Gasteiger partial charge in [0.05, 0.1) is 5.39 Å². The standard InChI is InChI=1S/C16H24N4S/c1-4-8-17-16-18-14(20-9-6-7-11(20)3)13-10-12(5-2)21-15(13)19-16/h10-11H,4-9H2,1-3H3,(H,17,18,19). The molecular formula is C16H24N4S. The lowest BCUT2D eigenvalue weighted by molar-refractivity contribution is 0.729. The maximum absolute atomic E-state index is 4.83. The third-order valence-corrected chi connectivity index (χ3v) is 5.30. The smallest absolute Gasteiger partial charge is 0.226 e. The molecule has 0 saturated carbocycles. The van der Waals surface area contributed by atoms with Crippen LogP contribution in [-0.4, -0.2) is 29.1 Å². The summed E-state index contributed by atoms with van der Waals surface area (Å²) in [7, 11) is 0. The Morgan fingerprint density at radius 1 is 1.38 bits per heavy atom. The highest BCUT2D eigenvalue weighted by Crippen LogP contribution is 2.35. The summed E-state index contributed by atoms with van der Waals surface area (Å²) in [4.78, 5) is 14.5. The average molecular weight is 304 g/mol. The molecule has 3 rings (SSSR count). The molecule has 114 valence electrons. The highest BCUT2D eigenvalue weighted by Gasteiger charge is 2.25. The van der Waals surface area contributed by atoms with Crippen LogP contribution in [0.4, 0.5) is 11.8 Å². The second-order valence-electron chi connectivity index (χ2n) is 5.77. The molecule has 1 saturated heterocycles. The number of fused-ring (bicyclic) bond motifs is 1. The zero-order chi connectivity index (χ0) is 14.8. The monoisotopic (exact) mass is 304 g/mol. The van der Waals surface area contributed by atoms with Gasteiger partial charge in [-0.05, 0) is 38.7 Å². The number of aromatic nitrogens is 2. The van der Waals surface area contributed by atoms with Gasteiger partial charge in [0.1, 0.15) is 10.6 Å². The first-order valence-corrected chi connectivity index (χ1v) is 8.85. The van der Waals surface area contributed by atoms with Gasteiger partial charge in [-0.25, -0.2) is 4.98 Å². The maximum Gasteiger partial charge on any atom is 0.226 e. The van der Waals surface area contributed by atoms with Gasteiger partial charge in [0, 0.05) is 24.0 Å². The molecule has 0 amide bonds. The molecule has 0 aliphatic carbocycles. The lowest BCUT2D eigenvalue weighted by atomic mass is 10.2. The van der Waals surface area contributed by atoms with Crippen LogP contribution in [0.15, 0.2) is 6.07 Å². The van der Waals surface area contributed by atoms with Crippen molar-refractivity contribution >= 4 is 33.3 Å². The molecule has 2 aromatic rings. The summed E-state index contributed by atoms with van der Waals surface area (Å²) in [5.41, 5.74) is 0. The number of thiophene rings is 1. The molecule has 1 aliphatic heterocycles. The van der Waals surface area contributed by atoms with Gasteiger partial charge >= 0.3 is 0 Å². The zero-order valence-corrected chi connectivity index (χ0v) is 14.0. The minimum atomic E-state index is 0.576. The van der Waals surface area contributed by atoms with Gasteiger partial charge in [-0.3, -0.25) is 0 Å². The van der Waals surface area contributed by atoms with Crippen LogP contribution in [-0.2, 0) is 6.42 Å². The Morgan fingerprint density at radius 3 is 2.90 bits per heavy atom. The van der Waals surface area contributed by atoms with Crippen LogP contribution in [0, 0.1) is 0 Å². The van der Waals surface area contributed by atoms with Crippen LogP contribution >= 0.6 is 11.3 Å². The normalized spacial score (nSPS) is 18.6. The number of rotatable bonds is 5. The number of nitrogens with one attached hydrogen (secondary N) is 1. The third kappa shape index (κ3) is 2.84. The van der Waals surface area contributed by atoms with Crippen molar-refractivity contribution in [1.29, 1.82) is 0 Å². The number of hydrogen-bond acceptors (Lipinski definition) is 5. The molecule has 0 bridgehead atoms. The van der Waals surface area contributed by atoms with E-state index in [4.69, 9.17) is 9.97 Å². The molecule has 0 radical (unpaired) electrons. The number of nitrogens with zero attached hydrogens (tertiary/aromatic N) is 3. The number of aryl methyl sites for hydroxylation is 1. The number of anilines is 2. The largest absolute Gasteiger partial charge is 0.354 e. The summed E-state index contributed by atoms with van der Waals surface area (Å²) >= 11 is 1.80. The third-order valence-electron chi connectivity index (χ3n) is 4.13. The van der Waals surface area contributed by atoms with Crippen molar-refractivity contribution in [1.82, 2.24) is 9.97 Å². The predicted molar refractivity (Wildman–Crippen MR) is 91.6 cm³/mol. The summed E-state index contributed by atoms with van der Waals surface area (Å²) < 4.78 is 0. The molecule has 1 atom stereocenters. The predicted octanol–water partition coefficient (Wildman–Crippen LogP) is 4.06. The zero-order valence-electron chi connectivity index (χ0n) is 13.1. The quantitative estimate of drug-likeness (QED) is 0.904. The van der Waals surface area contributed by atoms with Gasteiger partial charge in [-0.2, -0.15) is 4.98 Å². The maximum atomic E-state index is 4.83. The van der Waals surface area contributed by atoms with E-state index in [0.29, 0.717) is 6.04 Å². The molecule has 0 aromatic carbocycles. The molecule has 0 spiro atoms. The van der Waals surface area contributed by atoms with Crippen LogP contribution in [0.5, 0.6) is 0 Å². The van der Waals surface area contributed by atoms with Crippen molar-refractivity contribution in [2.24, 2.45) is 0 Å². The van der Waals surface area contributed by atoms with E-state index in [2.05, 4.69) is 37.1 Å². The summed E-state index contributed by atoms with van der Waals surface area (Å²) in [5, 5.41) is 4.58. The van der Waals surface area contributed by atoms with Gasteiger partial charge in [0.25, 0.3) is 0 Å². The minimum absolute atomic E-state index is 0.576. The fraction of sp³-hybridized carbons (Fsp3) is 0.625. The van der Waals surface area contributed by atoms with E-state index in [1.54, 1.807) is 11.3 Å². The molecular weight excluding hydrogens is 280 g/mol. The Labute approximate surface area is 130 Å². The van der Waals surface area contributed by atoms with Crippen LogP contribution in [0.1, 0.15) is 44.9 Å². The van der Waals surface area contributed by atoms with E-state index in [9.17, 15) is 0 Å². The van der Waals surface area contributed by atoms with E-state index in [-0.39, 0.29) is 0 Å². The van der Waals surface area contributed by atoms with Gasteiger partial charge in [0.15, 0.2) is 0 Å². The van der Waals surface area contributed by atoms with Crippen LogP contribution in [0.3, 0.4) is 0 Å². The van der Waals surface area contributed by atoms with E-state index < -0.39 is 0 Å². The van der Waals surface area contributed by atoms with Crippen molar-refractivity contribution in [2.45, 2.75) is 52.5 Å². The topological polar surface area (TPSA) is 41.1 Å². The Hall–Kier alpha value is -1.36. The molecule has 3 heterocycles. The molecule has 4 nitrogen and oxygen atoms in total. The highest BCUT2D eigenvalue weighted by molar-refractivity contribution is 7.18. The Kier molecular flexibility index (Phi) is 4.29. The Morgan fingerprint density at radius 2 is 2.24 bits per heavy atom. The van der Waals surface area contributed by atoms with Crippen LogP contribution in [0.2, 0.25) is 0 Å². The Balaban J connectivity index is 2.07. The van der Waals surface area contributed by atoms with Gasteiger partial charge in [0.2, 0.25) is 5.95 Å². The van der Waals surface area contributed by atoms with E-state index >= 15 is 0 Å². The summed E-state index contributed by atoms with van der Waals surface area (Å²) in [6.45, 7) is 8.69. The first-order valence-electron chi connectivity index (χ1n) is 8.03. The Bertz CT molecular complexity index is 622. The van der Waals surface area contributed by atoms with Crippen molar-refractivity contribution in [3.63, 3.8) is 0 Å². The minimum Gasteiger partial charge on any atom is -0.354 e. The van der Waals surface area contributed by atoms with Crippen molar-refractivity contribution < 1.29 is 0 Å². The van der Waals surface area contributed by atoms with Gasteiger partial charge < -0.3 is 10.2 Å². The summed E-state index contributed by atoms with van der Waals surface area (Å²) in [6.07, 6.45) is 4.67. The molecule has 1 unspecified atom stereocenters. The van der Waals surface area contributed by atoms with Gasteiger partial charge in [-0.1, -0.05) is 13.8 Å². The second kappa shape index (κ2) is 6.18. The van der Waals surface area contributed by atoms with E-state index in [1.807, 2.05) is 0 Å². The SMILES string of the molecule is CCCNc1nc(N2CCCC2C)c2cc(CC)sc2n1. The average Bonchev–Trinajstić information content (AvgIpc) is 3.09. The van der Waals surface area contributed by atoms with Crippen LogP contribution in [0.25, 0.3) is 10.2 Å². The lowest BCUT2D eigenvalue weighted by Gasteiger charge is -2.23. The fourth-order valence-electron chi connectivity index (χ4n) is 2.91. The summed E-state index contributed by atoms with van der Waals surface area (Å²) in [6, 6.07) is 2.86. The van der Waals surface area contributed by atoms with E-state index in [1.165, 1.54) is 23.1 Å². The molecule has 1 fully saturated rings. The molecule has 5 heteroatoms. The highest BCUT2D eigenvalue weighted by atomic mass is 32.1. The lowest BCUT2D eigenvalue weighted by Crippen LogP contribution is -2.27. The molecule has 1 aliphatic rings. The van der Waals surface area contributed by atoms with E-state index in [0.717, 1.165) is 42.5 Å². The van der Waals surface area contributed by atoms with Crippen LogP contribution < -0.4 is 10.2 Å². The summed E-state index contributed by atoms with van der Waals surface area (Å²) in [5.74, 6) is 1.91. The van der Waals surface area contributed by atoms with Gasteiger partial charge in [-0.15, -0.1) is 11.3 Å². The fourth-order valence-corrected chi connectivity index (χ4v) is 3.87. The van der Waals surface area contributed by atoms with Crippen molar-refractivity contribution in [2.75, 3.05) is 23.3 Å². The van der Waals surface area contributed by atoms with Crippen molar-refractivity contribution in [3.05, 3.63) is 10.9 Å².